The number of carbonyl (C=O) groups excluding carboxylic acids is 2. The zero-order valence-corrected chi connectivity index (χ0v) is 9.65. The maximum absolute atomic E-state index is 11.4. The number of hydrogen-bond donors (Lipinski definition) is 0. The van der Waals surface area contributed by atoms with E-state index >= 15 is 0 Å². The molecule has 5 nitrogen and oxygen atoms in total. The molecule has 0 N–H and O–H groups in total. The lowest BCUT2D eigenvalue weighted by molar-refractivity contribution is -0.148. The summed E-state index contributed by atoms with van der Waals surface area (Å²) >= 11 is 0. The lowest BCUT2D eigenvalue weighted by atomic mass is 9.92. The van der Waals surface area contributed by atoms with E-state index < -0.39 is 17.4 Å². The molecule has 0 unspecified atom stereocenters. The van der Waals surface area contributed by atoms with E-state index in [4.69, 9.17) is 10.00 Å². The SMILES string of the molecule is CCOC(=O)/C=C/[C@](C)(C#N)C(=O)OCC. The van der Waals surface area contributed by atoms with Crippen molar-refractivity contribution < 1.29 is 19.1 Å². The van der Waals surface area contributed by atoms with Gasteiger partial charge in [-0.25, -0.2) is 9.59 Å². The van der Waals surface area contributed by atoms with Gasteiger partial charge >= 0.3 is 11.9 Å². The summed E-state index contributed by atoms with van der Waals surface area (Å²) in [7, 11) is 0. The fourth-order valence-electron chi connectivity index (χ4n) is 0.857. The molecule has 0 rings (SSSR count). The topological polar surface area (TPSA) is 76.4 Å². The Bertz CT molecular complexity index is 329. The molecule has 88 valence electrons. The molecule has 0 fully saturated rings. The highest BCUT2D eigenvalue weighted by atomic mass is 16.5. The Morgan fingerprint density at radius 3 is 2.31 bits per heavy atom. The molecule has 0 saturated heterocycles. The minimum absolute atomic E-state index is 0.184. The van der Waals surface area contributed by atoms with E-state index in [2.05, 4.69) is 4.74 Å². The van der Waals surface area contributed by atoms with Crippen molar-refractivity contribution in [3.05, 3.63) is 12.2 Å². The van der Waals surface area contributed by atoms with Gasteiger partial charge < -0.3 is 9.47 Å². The van der Waals surface area contributed by atoms with Gasteiger partial charge in [0.2, 0.25) is 0 Å². The first-order chi connectivity index (χ1) is 7.50. The molecule has 0 aliphatic rings. The predicted molar refractivity (Wildman–Crippen MR) is 56.1 cm³/mol. The number of carbonyl (C=O) groups is 2. The van der Waals surface area contributed by atoms with Crippen LogP contribution in [0.25, 0.3) is 0 Å². The first-order valence-corrected chi connectivity index (χ1v) is 4.94. The maximum atomic E-state index is 11.4. The van der Waals surface area contributed by atoms with Crippen LogP contribution in [0.5, 0.6) is 0 Å². The van der Waals surface area contributed by atoms with Crippen molar-refractivity contribution in [2.75, 3.05) is 13.2 Å². The molecule has 0 heterocycles. The largest absolute Gasteiger partial charge is 0.465 e. The Hall–Kier alpha value is -1.83. The van der Waals surface area contributed by atoms with Gasteiger partial charge in [0.25, 0.3) is 0 Å². The van der Waals surface area contributed by atoms with E-state index in [1.54, 1.807) is 19.9 Å². The number of ether oxygens (including phenoxy) is 2. The van der Waals surface area contributed by atoms with Crippen molar-refractivity contribution in [3.63, 3.8) is 0 Å². The van der Waals surface area contributed by atoms with Gasteiger partial charge in [-0.2, -0.15) is 5.26 Å². The van der Waals surface area contributed by atoms with Gasteiger partial charge in [0, 0.05) is 6.08 Å². The lowest BCUT2D eigenvalue weighted by Gasteiger charge is -2.14. The Morgan fingerprint density at radius 2 is 1.88 bits per heavy atom. The molecule has 0 aliphatic heterocycles. The third kappa shape index (κ3) is 4.13. The minimum Gasteiger partial charge on any atom is -0.465 e. The molecule has 0 aliphatic carbocycles. The summed E-state index contributed by atoms with van der Waals surface area (Å²) in [6.07, 6.45) is 2.24. The van der Waals surface area contributed by atoms with Gasteiger partial charge in [-0.05, 0) is 26.8 Å². The Labute approximate surface area is 94.6 Å². The van der Waals surface area contributed by atoms with Crippen LogP contribution in [-0.4, -0.2) is 25.2 Å². The molecular weight excluding hydrogens is 210 g/mol. The number of rotatable bonds is 5. The van der Waals surface area contributed by atoms with Crippen LogP contribution in [-0.2, 0) is 19.1 Å². The molecule has 0 amide bonds. The fourth-order valence-corrected chi connectivity index (χ4v) is 0.857. The standard InChI is InChI=1S/C11H15NO4/c1-4-15-9(13)6-7-11(3,8-12)10(14)16-5-2/h6-7H,4-5H2,1-3H3/b7-6+/t11-/m1/s1. The Balaban J connectivity index is 4.67. The first-order valence-electron chi connectivity index (χ1n) is 4.94. The summed E-state index contributed by atoms with van der Waals surface area (Å²) < 4.78 is 9.36. The molecule has 0 spiro atoms. The molecule has 0 aromatic heterocycles. The van der Waals surface area contributed by atoms with Crippen molar-refractivity contribution in [2.45, 2.75) is 20.8 Å². The maximum Gasteiger partial charge on any atom is 0.330 e. The molecule has 0 aromatic carbocycles. The van der Waals surface area contributed by atoms with Gasteiger partial charge in [-0.3, -0.25) is 0 Å². The highest BCUT2D eigenvalue weighted by molar-refractivity contribution is 5.86. The molecule has 5 heteroatoms. The van der Waals surface area contributed by atoms with E-state index in [0.29, 0.717) is 0 Å². The van der Waals surface area contributed by atoms with Crippen molar-refractivity contribution in [3.8, 4) is 6.07 Å². The highest BCUT2D eigenvalue weighted by Gasteiger charge is 2.32. The summed E-state index contributed by atoms with van der Waals surface area (Å²) in [6.45, 7) is 5.11. The number of nitriles is 1. The van der Waals surface area contributed by atoms with Crippen LogP contribution in [0.4, 0.5) is 0 Å². The van der Waals surface area contributed by atoms with Crippen LogP contribution in [0.1, 0.15) is 20.8 Å². The van der Waals surface area contributed by atoms with Crippen LogP contribution in [0.2, 0.25) is 0 Å². The Morgan fingerprint density at radius 1 is 1.31 bits per heavy atom. The quantitative estimate of drug-likeness (QED) is 0.519. The van der Waals surface area contributed by atoms with Crippen LogP contribution in [0, 0.1) is 16.7 Å². The third-order valence-corrected chi connectivity index (χ3v) is 1.77. The van der Waals surface area contributed by atoms with Crippen LogP contribution in [0.15, 0.2) is 12.2 Å². The monoisotopic (exact) mass is 225 g/mol. The number of nitrogens with zero attached hydrogens (tertiary/aromatic N) is 1. The summed E-state index contributed by atoms with van der Waals surface area (Å²) in [6, 6.07) is 1.79. The van der Waals surface area contributed by atoms with E-state index in [1.165, 1.54) is 13.0 Å². The Kier molecular flexibility index (Phi) is 5.86. The van der Waals surface area contributed by atoms with E-state index in [1.807, 2.05) is 0 Å². The lowest BCUT2D eigenvalue weighted by Crippen LogP contribution is -2.26. The van der Waals surface area contributed by atoms with Gasteiger partial charge in [0.1, 0.15) is 0 Å². The average molecular weight is 225 g/mol. The van der Waals surface area contributed by atoms with Crippen LogP contribution in [0.3, 0.4) is 0 Å². The second-order valence-corrected chi connectivity index (χ2v) is 3.12. The molecule has 1 atom stereocenters. The van der Waals surface area contributed by atoms with Gasteiger partial charge in [0.05, 0.1) is 19.3 Å². The fraction of sp³-hybridized carbons (Fsp3) is 0.545. The second kappa shape index (κ2) is 6.62. The zero-order chi connectivity index (χ0) is 12.6. The molecule has 0 aromatic rings. The summed E-state index contributed by atoms with van der Waals surface area (Å²) in [5, 5.41) is 8.87. The minimum atomic E-state index is -1.46. The molecule has 0 saturated carbocycles. The van der Waals surface area contributed by atoms with Crippen molar-refractivity contribution in [1.82, 2.24) is 0 Å². The zero-order valence-electron chi connectivity index (χ0n) is 9.65. The van der Waals surface area contributed by atoms with Gasteiger partial charge in [-0.15, -0.1) is 0 Å². The highest BCUT2D eigenvalue weighted by Crippen LogP contribution is 2.19. The van der Waals surface area contributed by atoms with Crippen LogP contribution >= 0.6 is 0 Å². The van der Waals surface area contributed by atoms with Gasteiger partial charge in [0.15, 0.2) is 5.41 Å². The van der Waals surface area contributed by atoms with E-state index in [0.717, 1.165) is 6.08 Å². The van der Waals surface area contributed by atoms with E-state index in [-0.39, 0.29) is 13.2 Å². The van der Waals surface area contributed by atoms with Crippen LogP contribution < -0.4 is 0 Å². The first kappa shape index (κ1) is 14.2. The molecule has 0 bridgehead atoms. The summed E-state index contributed by atoms with van der Waals surface area (Å²) in [5.74, 6) is -1.27. The second-order valence-electron chi connectivity index (χ2n) is 3.12. The summed E-state index contributed by atoms with van der Waals surface area (Å²) in [4.78, 5) is 22.4. The molecule has 0 radical (unpaired) electrons. The normalized spacial score (nSPS) is 13.9. The average Bonchev–Trinajstić information content (AvgIpc) is 2.26. The molecular formula is C11H15NO4. The van der Waals surface area contributed by atoms with Gasteiger partial charge in [-0.1, -0.05) is 0 Å². The number of esters is 2. The third-order valence-electron chi connectivity index (χ3n) is 1.77. The number of hydrogen-bond acceptors (Lipinski definition) is 5. The van der Waals surface area contributed by atoms with E-state index in [9.17, 15) is 9.59 Å². The van der Waals surface area contributed by atoms with Crippen molar-refractivity contribution in [2.24, 2.45) is 5.41 Å². The smallest absolute Gasteiger partial charge is 0.330 e. The summed E-state index contributed by atoms with van der Waals surface area (Å²) in [5.41, 5.74) is -1.46. The van der Waals surface area contributed by atoms with Crippen molar-refractivity contribution in [1.29, 1.82) is 5.26 Å². The van der Waals surface area contributed by atoms with Crippen molar-refractivity contribution >= 4 is 11.9 Å². The predicted octanol–water partition coefficient (Wildman–Crippen LogP) is 1.20. The molecule has 16 heavy (non-hydrogen) atoms.